The number of aromatic nitrogens is 2. The molecule has 0 bridgehead atoms. The van der Waals surface area contributed by atoms with E-state index in [0.29, 0.717) is 24.4 Å². The van der Waals surface area contributed by atoms with Gasteiger partial charge >= 0.3 is 0 Å². The number of amides is 1. The number of likely N-dealkylation sites (tertiary alicyclic amines) is 1. The van der Waals surface area contributed by atoms with Crippen LogP contribution in [0.4, 0.5) is 0 Å². The Morgan fingerprint density at radius 2 is 1.88 bits per heavy atom. The molecule has 1 aromatic carbocycles. The first-order valence-corrected chi connectivity index (χ1v) is 9.57. The highest BCUT2D eigenvalue weighted by molar-refractivity contribution is 5.76. The number of hydrogen-bond donors (Lipinski definition) is 0. The maximum Gasteiger partial charge on any atom is 0.222 e. The number of benzene rings is 1. The van der Waals surface area contributed by atoms with E-state index in [-0.39, 0.29) is 5.91 Å². The standard InChI is InChI=1S/C21H27N3O2/c1-15-16(12-23(2)22-15)8-9-21(25)24-13-17-10-20(11-18(17)14-24)26-19-6-4-3-5-7-19/h3-7,12,17-18,20H,8-11,13-14H2,1-2H3/t17-,18+,20?. The third kappa shape index (κ3) is 3.62. The summed E-state index contributed by atoms with van der Waals surface area (Å²) in [7, 11) is 1.92. The Morgan fingerprint density at radius 3 is 2.50 bits per heavy atom. The molecule has 4 rings (SSSR count). The Labute approximate surface area is 154 Å². The first kappa shape index (κ1) is 17.1. The van der Waals surface area contributed by atoms with Gasteiger partial charge in [0.15, 0.2) is 0 Å². The van der Waals surface area contributed by atoms with E-state index in [0.717, 1.165) is 43.8 Å². The number of aryl methyl sites for hydroxylation is 3. The number of rotatable bonds is 5. The fraction of sp³-hybridized carbons (Fsp3) is 0.524. The molecule has 138 valence electrons. The van der Waals surface area contributed by atoms with Crippen molar-refractivity contribution in [1.29, 1.82) is 0 Å². The molecule has 1 saturated heterocycles. The van der Waals surface area contributed by atoms with Gasteiger partial charge in [0.2, 0.25) is 5.91 Å². The highest BCUT2D eigenvalue weighted by Gasteiger charge is 2.43. The van der Waals surface area contributed by atoms with Gasteiger partial charge < -0.3 is 9.64 Å². The normalized spacial score (nSPS) is 24.7. The molecule has 5 heteroatoms. The first-order valence-electron chi connectivity index (χ1n) is 9.57. The molecule has 1 aromatic heterocycles. The van der Waals surface area contributed by atoms with Crippen LogP contribution in [-0.2, 0) is 18.3 Å². The van der Waals surface area contributed by atoms with Gasteiger partial charge in [-0.2, -0.15) is 5.10 Å². The highest BCUT2D eigenvalue weighted by Crippen LogP contribution is 2.40. The third-order valence-electron chi connectivity index (χ3n) is 5.83. The van der Waals surface area contributed by atoms with Gasteiger partial charge in [-0.25, -0.2) is 0 Å². The first-order chi connectivity index (χ1) is 12.6. The van der Waals surface area contributed by atoms with E-state index in [1.165, 1.54) is 5.56 Å². The minimum atomic E-state index is 0.281. The molecular formula is C21H27N3O2. The number of fused-ring (bicyclic) bond motifs is 1. The predicted octanol–water partition coefficient (Wildman–Crippen LogP) is 2.98. The smallest absolute Gasteiger partial charge is 0.222 e. The van der Waals surface area contributed by atoms with Crippen LogP contribution in [-0.4, -0.2) is 39.8 Å². The van der Waals surface area contributed by atoms with Crippen LogP contribution in [0.3, 0.4) is 0 Å². The summed E-state index contributed by atoms with van der Waals surface area (Å²) >= 11 is 0. The van der Waals surface area contributed by atoms with Gasteiger partial charge in [-0.05, 0) is 55.7 Å². The summed E-state index contributed by atoms with van der Waals surface area (Å²) in [6.07, 6.45) is 5.80. The molecular weight excluding hydrogens is 326 g/mol. The maximum atomic E-state index is 12.6. The zero-order valence-electron chi connectivity index (χ0n) is 15.6. The number of carbonyl (C=O) groups excluding carboxylic acids is 1. The van der Waals surface area contributed by atoms with Crippen molar-refractivity contribution in [2.75, 3.05) is 13.1 Å². The predicted molar refractivity (Wildman–Crippen MR) is 99.9 cm³/mol. The fourth-order valence-electron chi connectivity index (χ4n) is 4.53. The van der Waals surface area contributed by atoms with Gasteiger partial charge in [-0.1, -0.05) is 18.2 Å². The molecule has 0 radical (unpaired) electrons. The summed E-state index contributed by atoms with van der Waals surface area (Å²) < 4.78 is 7.94. The number of nitrogens with zero attached hydrogens (tertiary/aromatic N) is 3. The zero-order chi connectivity index (χ0) is 18.1. The lowest BCUT2D eigenvalue weighted by molar-refractivity contribution is -0.130. The number of para-hydroxylation sites is 1. The average molecular weight is 353 g/mol. The topological polar surface area (TPSA) is 47.4 Å². The SMILES string of the molecule is Cc1nn(C)cc1CCC(=O)N1C[C@H]2CC(Oc3ccccc3)C[C@H]2C1. The Kier molecular flexibility index (Phi) is 4.70. The van der Waals surface area contributed by atoms with Crippen LogP contribution in [0.1, 0.15) is 30.5 Å². The van der Waals surface area contributed by atoms with Crippen LogP contribution in [0, 0.1) is 18.8 Å². The second-order valence-corrected chi connectivity index (χ2v) is 7.76. The number of ether oxygens (including phenoxy) is 1. The Balaban J connectivity index is 1.26. The summed E-state index contributed by atoms with van der Waals surface area (Å²) in [5.41, 5.74) is 2.20. The fourth-order valence-corrected chi connectivity index (χ4v) is 4.53. The van der Waals surface area contributed by atoms with Crippen LogP contribution in [0.2, 0.25) is 0 Å². The lowest BCUT2D eigenvalue weighted by atomic mass is 10.0. The van der Waals surface area contributed by atoms with Crippen molar-refractivity contribution in [2.45, 2.75) is 38.7 Å². The minimum Gasteiger partial charge on any atom is -0.490 e. The summed E-state index contributed by atoms with van der Waals surface area (Å²) in [6.45, 7) is 3.79. The molecule has 1 aliphatic heterocycles. The summed E-state index contributed by atoms with van der Waals surface area (Å²) in [5, 5.41) is 4.35. The summed E-state index contributed by atoms with van der Waals surface area (Å²) in [6, 6.07) is 10.1. The van der Waals surface area contributed by atoms with E-state index in [9.17, 15) is 4.79 Å². The van der Waals surface area contributed by atoms with Gasteiger partial charge in [0.1, 0.15) is 5.75 Å². The number of hydrogen-bond acceptors (Lipinski definition) is 3. The molecule has 3 atom stereocenters. The van der Waals surface area contributed by atoms with E-state index < -0.39 is 0 Å². The van der Waals surface area contributed by atoms with Crippen LogP contribution in [0.5, 0.6) is 5.75 Å². The molecule has 2 aromatic rings. The van der Waals surface area contributed by atoms with Crippen LogP contribution >= 0.6 is 0 Å². The molecule has 1 unspecified atom stereocenters. The molecule has 26 heavy (non-hydrogen) atoms. The van der Waals surface area contributed by atoms with E-state index in [4.69, 9.17) is 4.74 Å². The second kappa shape index (κ2) is 7.14. The minimum absolute atomic E-state index is 0.281. The molecule has 5 nitrogen and oxygen atoms in total. The van der Waals surface area contributed by atoms with Crippen molar-refractivity contribution in [1.82, 2.24) is 14.7 Å². The Hall–Kier alpha value is -2.30. The highest BCUT2D eigenvalue weighted by atomic mass is 16.5. The van der Waals surface area contributed by atoms with E-state index in [2.05, 4.69) is 10.00 Å². The van der Waals surface area contributed by atoms with E-state index >= 15 is 0 Å². The van der Waals surface area contributed by atoms with Crippen molar-refractivity contribution < 1.29 is 9.53 Å². The van der Waals surface area contributed by atoms with Gasteiger partial charge in [-0.3, -0.25) is 9.48 Å². The molecule has 2 heterocycles. The average Bonchev–Trinajstić information content (AvgIpc) is 3.26. The van der Waals surface area contributed by atoms with Crippen molar-refractivity contribution >= 4 is 5.91 Å². The summed E-state index contributed by atoms with van der Waals surface area (Å²) in [4.78, 5) is 14.7. The van der Waals surface area contributed by atoms with Crippen molar-refractivity contribution in [3.05, 3.63) is 47.8 Å². The molecule has 2 fully saturated rings. The quantitative estimate of drug-likeness (QED) is 0.830. The van der Waals surface area contributed by atoms with Crippen molar-refractivity contribution in [3.63, 3.8) is 0 Å². The Bertz CT molecular complexity index is 757. The largest absolute Gasteiger partial charge is 0.490 e. The van der Waals surface area contributed by atoms with Crippen LogP contribution in [0.15, 0.2) is 36.5 Å². The van der Waals surface area contributed by atoms with Crippen molar-refractivity contribution in [2.24, 2.45) is 18.9 Å². The number of carbonyl (C=O) groups is 1. The van der Waals surface area contributed by atoms with Gasteiger partial charge in [0.25, 0.3) is 0 Å². The lowest BCUT2D eigenvalue weighted by Crippen LogP contribution is -2.31. The second-order valence-electron chi connectivity index (χ2n) is 7.76. The molecule has 0 N–H and O–H groups in total. The zero-order valence-corrected chi connectivity index (χ0v) is 15.6. The van der Waals surface area contributed by atoms with Crippen LogP contribution < -0.4 is 4.74 Å². The van der Waals surface area contributed by atoms with E-state index in [1.807, 2.05) is 55.2 Å². The van der Waals surface area contributed by atoms with Crippen molar-refractivity contribution in [3.8, 4) is 5.75 Å². The molecule has 2 aliphatic rings. The third-order valence-corrected chi connectivity index (χ3v) is 5.83. The van der Waals surface area contributed by atoms with Gasteiger partial charge in [-0.15, -0.1) is 0 Å². The monoisotopic (exact) mass is 353 g/mol. The maximum absolute atomic E-state index is 12.6. The molecule has 0 spiro atoms. The van der Waals surface area contributed by atoms with E-state index in [1.54, 1.807) is 0 Å². The molecule has 1 saturated carbocycles. The Morgan fingerprint density at radius 1 is 1.19 bits per heavy atom. The van der Waals surface area contributed by atoms with Gasteiger partial charge in [0, 0.05) is 32.8 Å². The van der Waals surface area contributed by atoms with Crippen LogP contribution in [0.25, 0.3) is 0 Å². The molecule has 1 aliphatic carbocycles. The summed E-state index contributed by atoms with van der Waals surface area (Å²) in [5.74, 6) is 2.42. The van der Waals surface area contributed by atoms with Gasteiger partial charge in [0.05, 0.1) is 11.8 Å². The lowest BCUT2D eigenvalue weighted by Gasteiger charge is -2.20. The molecule has 1 amide bonds.